The van der Waals surface area contributed by atoms with Crippen LogP contribution in [0.1, 0.15) is 12.0 Å². The molecular weight excluding hydrogens is 552 g/mol. The first-order chi connectivity index (χ1) is 19.4. The molecule has 0 aliphatic carbocycles. The molecule has 0 radical (unpaired) electrons. The monoisotopic (exact) mass is 594 g/mol. The fraction of sp³-hybridized carbons (Fsp3) is 0.680. The van der Waals surface area contributed by atoms with Gasteiger partial charge in [-0.15, -0.1) is 0 Å². The van der Waals surface area contributed by atoms with Crippen molar-refractivity contribution in [2.75, 3.05) is 40.0 Å². The van der Waals surface area contributed by atoms with E-state index >= 15 is 0 Å². The number of amides is 1. The number of aliphatic hydroxyl groups excluding tert-OH is 10. The number of benzene rings is 1. The predicted octanol–water partition coefficient (Wildman–Crippen LogP) is -4.98. The molecule has 0 bridgehead atoms. The molecule has 0 spiro atoms. The third kappa shape index (κ3) is 12.5. The van der Waals surface area contributed by atoms with Gasteiger partial charge in [0, 0.05) is 19.6 Å². The van der Waals surface area contributed by atoms with Crippen molar-refractivity contribution >= 4 is 12.1 Å². The van der Waals surface area contributed by atoms with Crippen LogP contribution < -0.4 is 5.32 Å². The van der Waals surface area contributed by atoms with Gasteiger partial charge in [-0.3, -0.25) is 4.90 Å². The van der Waals surface area contributed by atoms with Crippen LogP contribution in [-0.4, -0.2) is 163 Å². The van der Waals surface area contributed by atoms with Crippen molar-refractivity contribution in [1.82, 2.24) is 10.2 Å². The average Bonchev–Trinajstić information content (AvgIpc) is 2.99. The Kier molecular flexibility index (Phi) is 16.8. The van der Waals surface area contributed by atoms with E-state index in [1.54, 1.807) is 30.3 Å². The summed E-state index contributed by atoms with van der Waals surface area (Å²) in [6.45, 7) is -3.26. The van der Waals surface area contributed by atoms with Crippen molar-refractivity contribution in [3.05, 3.63) is 35.9 Å². The average molecular weight is 595 g/mol. The number of carbonyl (C=O) groups excluding carboxylic acids is 2. The zero-order valence-electron chi connectivity index (χ0n) is 22.6. The first-order valence-electron chi connectivity index (χ1n) is 12.8. The van der Waals surface area contributed by atoms with Gasteiger partial charge in [0.1, 0.15) is 49.3 Å². The summed E-state index contributed by atoms with van der Waals surface area (Å²) in [5.74, 6) is -0.870. The molecule has 0 aliphatic rings. The van der Waals surface area contributed by atoms with E-state index in [2.05, 4.69) is 5.32 Å². The third-order valence-electron chi connectivity index (χ3n) is 6.27. The Morgan fingerprint density at radius 1 is 0.780 bits per heavy atom. The van der Waals surface area contributed by atoms with Crippen molar-refractivity contribution in [2.45, 2.75) is 67.9 Å². The normalized spacial score (nSPS) is 18.3. The summed E-state index contributed by atoms with van der Waals surface area (Å²) >= 11 is 0. The molecule has 9 atom stereocenters. The van der Waals surface area contributed by atoms with E-state index in [-0.39, 0.29) is 19.6 Å². The zero-order chi connectivity index (χ0) is 31.1. The number of rotatable bonds is 19. The van der Waals surface area contributed by atoms with Crippen LogP contribution >= 0.6 is 0 Å². The number of nitrogens with zero attached hydrogens (tertiary/aromatic N) is 1. The number of nitrogens with one attached hydrogen (secondary N) is 1. The molecule has 1 amide bonds. The van der Waals surface area contributed by atoms with Gasteiger partial charge in [0.15, 0.2) is 0 Å². The van der Waals surface area contributed by atoms with Crippen LogP contribution in [0.15, 0.2) is 30.3 Å². The molecule has 16 heteroatoms. The Hall–Kier alpha value is -2.48. The van der Waals surface area contributed by atoms with Gasteiger partial charge >= 0.3 is 12.1 Å². The second-order valence-electron chi connectivity index (χ2n) is 9.43. The Morgan fingerprint density at radius 2 is 1.24 bits per heavy atom. The van der Waals surface area contributed by atoms with Gasteiger partial charge in [-0.25, -0.2) is 9.59 Å². The molecule has 0 saturated carbocycles. The highest BCUT2D eigenvalue weighted by molar-refractivity contribution is 5.81. The minimum atomic E-state index is -1.98. The van der Waals surface area contributed by atoms with E-state index in [9.17, 15) is 50.4 Å². The summed E-state index contributed by atoms with van der Waals surface area (Å²) < 4.78 is 9.82. The van der Waals surface area contributed by atoms with E-state index in [1.807, 2.05) is 0 Å². The Labute approximate surface area is 236 Å². The lowest BCUT2D eigenvalue weighted by Crippen LogP contribution is -2.54. The Morgan fingerprint density at radius 3 is 1.68 bits per heavy atom. The fourth-order valence-electron chi connectivity index (χ4n) is 3.74. The second-order valence-corrected chi connectivity index (χ2v) is 9.43. The number of aliphatic hydroxyl groups is 10. The quantitative estimate of drug-likeness (QED) is 0.0670. The van der Waals surface area contributed by atoms with Gasteiger partial charge in [-0.1, -0.05) is 30.3 Å². The molecule has 0 heterocycles. The highest BCUT2D eigenvalue weighted by atomic mass is 16.6. The van der Waals surface area contributed by atoms with Crippen molar-refractivity contribution < 1.29 is 70.1 Å². The maximum atomic E-state index is 12.3. The van der Waals surface area contributed by atoms with Gasteiger partial charge in [0.2, 0.25) is 0 Å². The van der Waals surface area contributed by atoms with Gasteiger partial charge in [-0.2, -0.15) is 0 Å². The smallest absolute Gasteiger partial charge is 0.408 e. The van der Waals surface area contributed by atoms with Gasteiger partial charge in [0.05, 0.1) is 32.5 Å². The first-order valence-corrected chi connectivity index (χ1v) is 12.8. The lowest BCUT2D eigenvalue weighted by atomic mass is 10.0. The number of hydrogen-bond acceptors (Lipinski definition) is 15. The molecule has 0 unspecified atom stereocenters. The van der Waals surface area contributed by atoms with Gasteiger partial charge in [-0.05, 0) is 12.0 Å². The van der Waals surface area contributed by atoms with Crippen LogP contribution in [0, 0.1) is 0 Å². The number of carbonyl (C=O) groups is 2. The van der Waals surface area contributed by atoms with Crippen LogP contribution in [0.3, 0.4) is 0 Å². The molecule has 0 saturated heterocycles. The van der Waals surface area contributed by atoms with E-state index in [4.69, 9.17) is 19.7 Å². The van der Waals surface area contributed by atoms with Crippen molar-refractivity contribution in [3.8, 4) is 0 Å². The summed E-state index contributed by atoms with van der Waals surface area (Å²) in [5, 5.41) is 101. The standard InChI is InChI=1S/C25H42N2O14/c1-40-24(38)15(26-25(39)41-13-14-5-3-2-4-6-14)7-8-27(9-16(30)20(34)22(36)18(32)11-28)10-17(31)21(35)23(37)19(33)12-29/h2-6,15-23,28-37H,7-13H2,1H3,(H,26,39)/t15-,16-,17-,18+,19+,20+,21+,22+,23+/m0/s1. The summed E-state index contributed by atoms with van der Waals surface area (Å²) in [7, 11) is 1.08. The van der Waals surface area contributed by atoms with Crippen LogP contribution in [-0.2, 0) is 20.9 Å². The van der Waals surface area contributed by atoms with Gasteiger partial charge in [0.25, 0.3) is 0 Å². The topological polar surface area (TPSA) is 270 Å². The van der Waals surface area contributed by atoms with E-state index < -0.39 is 93.2 Å². The highest BCUT2D eigenvalue weighted by Crippen LogP contribution is 2.12. The molecule has 0 fully saturated rings. The van der Waals surface area contributed by atoms with Crippen molar-refractivity contribution in [1.29, 1.82) is 0 Å². The summed E-state index contributed by atoms with van der Waals surface area (Å²) in [4.78, 5) is 25.8. The Balaban J connectivity index is 2.99. The number of ether oxygens (including phenoxy) is 2. The maximum absolute atomic E-state index is 12.3. The first kappa shape index (κ1) is 36.5. The van der Waals surface area contributed by atoms with Crippen LogP contribution in [0.2, 0.25) is 0 Å². The van der Waals surface area contributed by atoms with Gasteiger partial charge < -0.3 is 65.9 Å². The van der Waals surface area contributed by atoms with Crippen molar-refractivity contribution in [3.63, 3.8) is 0 Å². The maximum Gasteiger partial charge on any atom is 0.408 e. The summed E-state index contributed by atoms with van der Waals surface area (Å²) in [5.41, 5.74) is 0.686. The molecule has 236 valence electrons. The molecule has 0 aromatic heterocycles. The second kappa shape index (κ2) is 18.9. The minimum absolute atomic E-state index is 0.0924. The predicted molar refractivity (Wildman–Crippen MR) is 139 cm³/mol. The summed E-state index contributed by atoms with van der Waals surface area (Å²) in [6, 6.07) is 7.40. The lowest BCUT2D eigenvalue weighted by Gasteiger charge is -2.34. The van der Waals surface area contributed by atoms with Crippen LogP contribution in [0.25, 0.3) is 0 Å². The SMILES string of the molecule is COC(=O)[C@H](CCN(C[C@H](O)[C@@H](O)[C@H](O)[C@H](O)CO)C[C@H](O)[C@@H](O)[C@H](O)[C@H](O)CO)NC(=O)OCc1ccccc1. The molecule has 0 aliphatic heterocycles. The summed E-state index contributed by atoms with van der Waals surface area (Å²) in [6.07, 6.45) is -16.2. The zero-order valence-corrected chi connectivity index (χ0v) is 22.6. The van der Waals surface area contributed by atoms with Crippen LogP contribution in [0.5, 0.6) is 0 Å². The molecular formula is C25H42N2O14. The molecule has 11 N–H and O–H groups in total. The number of methoxy groups -OCH3 is 1. The fourth-order valence-corrected chi connectivity index (χ4v) is 3.74. The molecule has 1 rings (SSSR count). The molecule has 1 aromatic rings. The Bertz CT molecular complexity index is 851. The minimum Gasteiger partial charge on any atom is -0.467 e. The van der Waals surface area contributed by atoms with E-state index in [0.29, 0.717) is 5.56 Å². The molecule has 16 nitrogen and oxygen atoms in total. The van der Waals surface area contributed by atoms with E-state index in [1.165, 1.54) is 4.90 Å². The molecule has 1 aromatic carbocycles. The van der Waals surface area contributed by atoms with Crippen molar-refractivity contribution in [2.24, 2.45) is 0 Å². The van der Waals surface area contributed by atoms with E-state index in [0.717, 1.165) is 7.11 Å². The number of alkyl carbamates (subject to hydrolysis) is 1. The highest BCUT2D eigenvalue weighted by Gasteiger charge is 2.35. The number of hydrogen-bond donors (Lipinski definition) is 11. The lowest BCUT2D eigenvalue weighted by molar-refractivity contribution is -0.143. The largest absolute Gasteiger partial charge is 0.467 e. The van der Waals surface area contributed by atoms with Crippen LogP contribution in [0.4, 0.5) is 4.79 Å². The molecule has 41 heavy (non-hydrogen) atoms. The number of esters is 1. The third-order valence-corrected chi connectivity index (χ3v) is 6.27.